The Hall–Kier alpha value is -1.65. The maximum Gasteiger partial charge on any atom is 0.310 e. The number of carbonyl (C=O) groups is 3. The summed E-state index contributed by atoms with van der Waals surface area (Å²) in [6, 6.07) is 0. The number of hydrogen-bond donors (Lipinski definition) is 2. The smallest absolute Gasteiger partial charge is 0.310 e. The van der Waals surface area contributed by atoms with Crippen LogP contribution in [-0.4, -0.2) is 27.9 Å². The summed E-state index contributed by atoms with van der Waals surface area (Å²) in [5, 5.41) is 17.9. The average molecular weight is 280 g/mol. The Kier molecular flexibility index (Phi) is 3.27. The molecule has 5 nitrogen and oxygen atoms in total. The molecular weight excluding hydrogens is 260 g/mol. The van der Waals surface area contributed by atoms with E-state index in [1.165, 1.54) is 6.08 Å². The number of hydrogen-bond acceptors (Lipinski definition) is 3. The van der Waals surface area contributed by atoms with Gasteiger partial charge in [0.1, 0.15) is 0 Å². The molecule has 5 heteroatoms. The lowest BCUT2D eigenvalue weighted by molar-refractivity contribution is -0.146. The molecule has 0 aromatic rings. The number of carbonyl (C=O) groups excluding carboxylic acids is 1. The van der Waals surface area contributed by atoms with E-state index < -0.39 is 29.7 Å². The van der Waals surface area contributed by atoms with Crippen LogP contribution in [0.1, 0.15) is 40.0 Å². The molecule has 2 rings (SSSR count). The topological polar surface area (TPSA) is 91.7 Å². The third-order valence-electron chi connectivity index (χ3n) is 5.46. The summed E-state index contributed by atoms with van der Waals surface area (Å²) < 4.78 is 0. The second-order valence-corrected chi connectivity index (χ2v) is 6.64. The molecular formula is C15H20O5. The van der Waals surface area contributed by atoms with Gasteiger partial charge in [-0.2, -0.15) is 0 Å². The highest BCUT2D eigenvalue weighted by Gasteiger charge is 2.63. The maximum absolute atomic E-state index is 12.5. The Morgan fingerprint density at radius 3 is 2.35 bits per heavy atom. The van der Waals surface area contributed by atoms with Crippen LogP contribution in [0.3, 0.4) is 0 Å². The summed E-state index contributed by atoms with van der Waals surface area (Å²) in [6.45, 7) is 6.01. The zero-order valence-corrected chi connectivity index (χ0v) is 12.0. The fourth-order valence-corrected chi connectivity index (χ4v) is 3.74. The summed E-state index contributed by atoms with van der Waals surface area (Å²) in [5.41, 5.74) is -0.116. The predicted octanol–water partition coefficient (Wildman–Crippen LogP) is 2.11. The molecule has 20 heavy (non-hydrogen) atoms. The first kappa shape index (κ1) is 14.8. The van der Waals surface area contributed by atoms with Crippen molar-refractivity contribution in [1.29, 1.82) is 0 Å². The van der Waals surface area contributed by atoms with E-state index in [2.05, 4.69) is 0 Å². The Morgan fingerprint density at radius 1 is 1.35 bits per heavy atom. The molecule has 3 atom stereocenters. The molecule has 0 saturated heterocycles. The molecule has 2 bridgehead atoms. The van der Waals surface area contributed by atoms with Crippen molar-refractivity contribution in [2.75, 3.05) is 0 Å². The molecule has 0 spiro atoms. The number of Topliss-reactive ketones (excluding diaryl/α,β-unsaturated/α-hetero) is 1. The quantitative estimate of drug-likeness (QED) is 0.769. The second kappa shape index (κ2) is 4.43. The molecule has 0 heterocycles. The van der Waals surface area contributed by atoms with Gasteiger partial charge in [0.2, 0.25) is 0 Å². The Labute approximate surface area is 117 Å². The van der Waals surface area contributed by atoms with Crippen LogP contribution in [0.5, 0.6) is 0 Å². The first-order chi connectivity index (χ1) is 9.11. The van der Waals surface area contributed by atoms with Crippen molar-refractivity contribution in [2.24, 2.45) is 22.7 Å². The van der Waals surface area contributed by atoms with Crippen molar-refractivity contribution >= 4 is 17.7 Å². The van der Waals surface area contributed by atoms with E-state index in [1.807, 2.05) is 20.8 Å². The van der Waals surface area contributed by atoms with Crippen LogP contribution in [0.4, 0.5) is 0 Å². The van der Waals surface area contributed by atoms with Gasteiger partial charge in [0.05, 0.1) is 12.3 Å². The van der Waals surface area contributed by atoms with Crippen LogP contribution in [0.2, 0.25) is 0 Å². The van der Waals surface area contributed by atoms with Crippen LogP contribution in [0.15, 0.2) is 11.6 Å². The molecule has 2 N–H and O–H groups in total. The highest BCUT2D eigenvalue weighted by molar-refractivity contribution is 6.05. The number of carboxylic acid groups (broad SMARTS) is 2. The molecule has 3 unspecified atom stereocenters. The van der Waals surface area contributed by atoms with E-state index >= 15 is 0 Å². The van der Waals surface area contributed by atoms with Crippen molar-refractivity contribution in [3.63, 3.8) is 0 Å². The van der Waals surface area contributed by atoms with Gasteiger partial charge in [-0.05, 0) is 29.7 Å². The van der Waals surface area contributed by atoms with Crippen LogP contribution >= 0.6 is 0 Å². The number of aliphatic carboxylic acids is 2. The monoisotopic (exact) mass is 280 g/mol. The molecule has 0 aliphatic heterocycles. The van der Waals surface area contributed by atoms with Gasteiger partial charge in [-0.3, -0.25) is 14.4 Å². The van der Waals surface area contributed by atoms with E-state index in [-0.39, 0.29) is 17.1 Å². The van der Waals surface area contributed by atoms with Gasteiger partial charge < -0.3 is 10.2 Å². The summed E-state index contributed by atoms with van der Waals surface area (Å²) in [5.74, 6) is -3.47. The van der Waals surface area contributed by atoms with Crippen molar-refractivity contribution in [1.82, 2.24) is 0 Å². The summed E-state index contributed by atoms with van der Waals surface area (Å²) in [6.07, 6.45) is 2.57. The van der Waals surface area contributed by atoms with E-state index in [9.17, 15) is 14.4 Å². The zero-order chi connectivity index (χ0) is 15.3. The lowest BCUT2D eigenvalue weighted by Gasteiger charge is -2.31. The molecule has 0 aromatic carbocycles. The molecule has 0 amide bonds. The van der Waals surface area contributed by atoms with Gasteiger partial charge in [-0.25, -0.2) is 0 Å². The third kappa shape index (κ3) is 1.87. The lowest BCUT2D eigenvalue weighted by atomic mass is 9.70. The van der Waals surface area contributed by atoms with E-state index in [0.29, 0.717) is 5.57 Å². The molecule has 2 aliphatic rings. The third-order valence-corrected chi connectivity index (χ3v) is 5.46. The standard InChI is InChI=1S/C15H20O5/c1-14(2)10-4-5-15(14,3)12(18)9(10)6-8(13(19)20)7-11(16)17/h6,8,10H,4-5,7H2,1-3H3,(H,16,17)(H,19,20). The molecule has 2 saturated carbocycles. The predicted molar refractivity (Wildman–Crippen MR) is 71.1 cm³/mol. The van der Waals surface area contributed by atoms with Gasteiger partial charge in [-0.15, -0.1) is 0 Å². The molecule has 0 radical (unpaired) electrons. The Balaban J connectivity index is 2.38. The Bertz CT molecular complexity index is 516. The van der Waals surface area contributed by atoms with E-state index in [4.69, 9.17) is 10.2 Å². The normalized spacial score (nSPS) is 34.5. The van der Waals surface area contributed by atoms with Gasteiger partial charge in [-0.1, -0.05) is 26.8 Å². The number of ketones is 1. The van der Waals surface area contributed by atoms with Crippen molar-refractivity contribution in [2.45, 2.75) is 40.0 Å². The van der Waals surface area contributed by atoms with Crippen LogP contribution < -0.4 is 0 Å². The van der Waals surface area contributed by atoms with E-state index in [1.54, 1.807) is 0 Å². The summed E-state index contributed by atoms with van der Waals surface area (Å²) in [4.78, 5) is 34.4. The van der Waals surface area contributed by atoms with Crippen molar-refractivity contribution in [3.05, 3.63) is 11.6 Å². The highest BCUT2D eigenvalue weighted by Crippen LogP contribution is 2.65. The number of carboxylic acids is 2. The fraction of sp³-hybridized carbons (Fsp3) is 0.667. The van der Waals surface area contributed by atoms with Gasteiger partial charge in [0.25, 0.3) is 0 Å². The lowest BCUT2D eigenvalue weighted by Crippen LogP contribution is -2.32. The van der Waals surface area contributed by atoms with Gasteiger partial charge >= 0.3 is 11.9 Å². The average Bonchev–Trinajstić information content (AvgIpc) is 2.62. The highest BCUT2D eigenvalue weighted by atomic mass is 16.4. The summed E-state index contributed by atoms with van der Waals surface area (Å²) >= 11 is 0. The van der Waals surface area contributed by atoms with Crippen molar-refractivity contribution < 1.29 is 24.6 Å². The van der Waals surface area contributed by atoms with Crippen LogP contribution in [0, 0.1) is 22.7 Å². The number of fused-ring (bicyclic) bond motifs is 2. The maximum atomic E-state index is 12.5. The molecule has 110 valence electrons. The van der Waals surface area contributed by atoms with Gasteiger partial charge in [0, 0.05) is 5.41 Å². The fourth-order valence-electron chi connectivity index (χ4n) is 3.74. The first-order valence-electron chi connectivity index (χ1n) is 6.82. The van der Waals surface area contributed by atoms with Gasteiger partial charge in [0.15, 0.2) is 5.78 Å². The largest absolute Gasteiger partial charge is 0.481 e. The zero-order valence-electron chi connectivity index (χ0n) is 12.0. The molecule has 2 fully saturated rings. The minimum atomic E-state index is -1.20. The van der Waals surface area contributed by atoms with Crippen molar-refractivity contribution in [3.8, 4) is 0 Å². The number of rotatable bonds is 4. The second-order valence-electron chi connectivity index (χ2n) is 6.64. The van der Waals surface area contributed by atoms with E-state index in [0.717, 1.165) is 12.8 Å². The SMILES string of the molecule is CC12CCC(C(=CC(CC(=O)O)C(=O)O)C1=O)C2(C)C. The van der Waals surface area contributed by atoms with Crippen LogP contribution in [0.25, 0.3) is 0 Å². The molecule has 0 aromatic heterocycles. The van der Waals surface area contributed by atoms with Crippen LogP contribution in [-0.2, 0) is 14.4 Å². The summed E-state index contributed by atoms with van der Waals surface area (Å²) in [7, 11) is 0. The minimum absolute atomic E-state index is 0.00427. The number of allylic oxidation sites excluding steroid dienone is 1. The molecule has 2 aliphatic carbocycles. The minimum Gasteiger partial charge on any atom is -0.481 e. The first-order valence-corrected chi connectivity index (χ1v) is 6.82. The Morgan fingerprint density at radius 2 is 1.95 bits per heavy atom.